The number of rotatable bonds is 4. The molecule has 2 N–H and O–H groups in total. The number of benzene rings is 1. The first kappa shape index (κ1) is 12.8. The molecule has 1 aromatic rings. The van der Waals surface area contributed by atoms with E-state index in [1.165, 1.54) is 5.56 Å². The minimum atomic E-state index is -0.685. The lowest BCUT2D eigenvalue weighted by Gasteiger charge is -2.29. The van der Waals surface area contributed by atoms with Crippen LogP contribution in [0.15, 0.2) is 30.8 Å². The molecule has 1 saturated heterocycles. The number of piperidine rings is 1. The van der Waals surface area contributed by atoms with Crippen molar-refractivity contribution >= 4 is 12.0 Å². The van der Waals surface area contributed by atoms with Gasteiger partial charge in [-0.05, 0) is 36.4 Å². The molecule has 1 fully saturated rings. The van der Waals surface area contributed by atoms with Crippen molar-refractivity contribution in [1.82, 2.24) is 5.32 Å². The van der Waals surface area contributed by atoms with Crippen LogP contribution in [0.4, 0.5) is 0 Å². The van der Waals surface area contributed by atoms with Crippen molar-refractivity contribution in [3.63, 3.8) is 0 Å². The molecule has 1 aliphatic rings. The summed E-state index contributed by atoms with van der Waals surface area (Å²) in [6, 6.07) is 8.19. The standard InChI is InChI=1S/C15H19NO2/c1-2-11-3-5-12(6-4-11)9-13-7-8-16-10-14(13)15(17)18/h2-6,13-14,16H,1,7-10H2,(H,17,18). The van der Waals surface area contributed by atoms with Crippen LogP contribution in [0.5, 0.6) is 0 Å². The van der Waals surface area contributed by atoms with Crippen molar-refractivity contribution < 1.29 is 9.90 Å². The normalized spacial score (nSPS) is 23.6. The molecular weight excluding hydrogens is 226 g/mol. The van der Waals surface area contributed by atoms with Gasteiger partial charge in [-0.25, -0.2) is 0 Å². The van der Waals surface area contributed by atoms with Gasteiger partial charge < -0.3 is 10.4 Å². The zero-order chi connectivity index (χ0) is 13.0. The van der Waals surface area contributed by atoms with Crippen LogP contribution >= 0.6 is 0 Å². The Kier molecular flexibility index (Phi) is 4.15. The van der Waals surface area contributed by atoms with E-state index in [0.717, 1.165) is 24.9 Å². The summed E-state index contributed by atoms with van der Waals surface area (Å²) in [4.78, 5) is 11.2. The fourth-order valence-electron chi connectivity index (χ4n) is 2.54. The zero-order valence-electron chi connectivity index (χ0n) is 10.4. The molecule has 0 saturated carbocycles. The highest BCUT2D eigenvalue weighted by molar-refractivity contribution is 5.70. The molecule has 3 heteroatoms. The Hall–Kier alpha value is -1.61. The smallest absolute Gasteiger partial charge is 0.308 e. The van der Waals surface area contributed by atoms with Crippen molar-refractivity contribution in [3.05, 3.63) is 42.0 Å². The third-order valence-electron chi connectivity index (χ3n) is 3.66. The summed E-state index contributed by atoms with van der Waals surface area (Å²) >= 11 is 0. The number of hydrogen-bond acceptors (Lipinski definition) is 2. The number of carboxylic acid groups (broad SMARTS) is 1. The molecule has 0 amide bonds. The van der Waals surface area contributed by atoms with E-state index >= 15 is 0 Å². The Morgan fingerprint density at radius 1 is 1.44 bits per heavy atom. The molecule has 0 aromatic heterocycles. The Balaban J connectivity index is 2.05. The molecule has 1 heterocycles. The molecule has 1 aromatic carbocycles. The maximum atomic E-state index is 11.2. The quantitative estimate of drug-likeness (QED) is 0.854. The second-order valence-corrected chi connectivity index (χ2v) is 4.85. The molecule has 1 aliphatic heterocycles. The van der Waals surface area contributed by atoms with E-state index in [0.29, 0.717) is 6.54 Å². The number of hydrogen-bond donors (Lipinski definition) is 2. The molecule has 0 bridgehead atoms. The van der Waals surface area contributed by atoms with E-state index in [2.05, 4.69) is 24.0 Å². The summed E-state index contributed by atoms with van der Waals surface area (Å²) in [6.07, 6.45) is 3.59. The topological polar surface area (TPSA) is 49.3 Å². The second kappa shape index (κ2) is 5.83. The van der Waals surface area contributed by atoms with E-state index < -0.39 is 5.97 Å². The van der Waals surface area contributed by atoms with Crippen LogP contribution in [-0.2, 0) is 11.2 Å². The number of carboxylic acids is 1. The van der Waals surface area contributed by atoms with Crippen LogP contribution in [0.1, 0.15) is 17.5 Å². The van der Waals surface area contributed by atoms with E-state index in [4.69, 9.17) is 0 Å². The lowest BCUT2D eigenvalue weighted by molar-refractivity contribution is -0.144. The maximum Gasteiger partial charge on any atom is 0.308 e. The highest BCUT2D eigenvalue weighted by Crippen LogP contribution is 2.24. The predicted octanol–water partition coefficient (Wildman–Crippen LogP) is 2.18. The van der Waals surface area contributed by atoms with Crippen LogP contribution < -0.4 is 5.32 Å². The minimum Gasteiger partial charge on any atom is -0.481 e. The van der Waals surface area contributed by atoms with Gasteiger partial charge in [0.2, 0.25) is 0 Å². The second-order valence-electron chi connectivity index (χ2n) is 4.85. The van der Waals surface area contributed by atoms with Crippen LogP contribution in [-0.4, -0.2) is 24.2 Å². The Morgan fingerprint density at radius 2 is 2.17 bits per heavy atom. The summed E-state index contributed by atoms with van der Waals surface area (Å²) in [6.45, 7) is 5.23. The molecule has 0 aliphatic carbocycles. The fraction of sp³-hybridized carbons (Fsp3) is 0.400. The van der Waals surface area contributed by atoms with Gasteiger partial charge in [0.05, 0.1) is 5.92 Å². The molecule has 0 radical (unpaired) electrons. The highest BCUT2D eigenvalue weighted by Gasteiger charge is 2.30. The average Bonchev–Trinajstić information content (AvgIpc) is 2.40. The largest absolute Gasteiger partial charge is 0.481 e. The van der Waals surface area contributed by atoms with Gasteiger partial charge in [0.25, 0.3) is 0 Å². The first-order chi connectivity index (χ1) is 8.70. The number of carbonyl (C=O) groups is 1. The SMILES string of the molecule is C=Cc1ccc(CC2CCNCC2C(=O)O)cc1. The van der Waals surface area contributed by atoms with Gasteiger partial charge in [-0.1, -0.05) is 36.9 Å². The molecule has 96 valence electrons. The van der Waals surface area contributed by atoms with Crippen LogP contribution in [0.25, 0.3) is 6.08 Å². The third kappa shape index (κ3) is 2.99. The van der Waals surface area contributed by atoms with Gasteiger partial charge in [-0.2, -0.15) is 0 Å². The predicted molar refractivity (Wildman–Crippen MR) is 72.3 cm³/mol. The van der Waals surface area contributed by atoms with Gasteiger partial charge in [-0.15, -0.1) is 0 Å². The Bertz CT molecular complexity index is 425. The first-order valence-electron chi connectivity index (χ1n) is 6.35. The van der Waals surface area contributed by atoms with Crippen LogP contribution in [0, 0.1) is 11.8 Å². The van der Waals surface area contributed by atoms with Gasteiger partial charge in [0.15, 0.2) is 0 Å². The van der Waals surface area contributed by atoms with Gasteiger partial charge in [0.1, 0.15) is 0 Å². The molecular formula is C15H19NO2. The van der Waals surface area contributed by atoms with E-state index in [9.17, 15) is 9.90 Å². The van der Waals surface area contributed by atoms with Gasteiger partial charge in [0, 0.05) is 6.54 Å². The van der Waals surface area contributed by atoms with Gasteiger partial charge in [-0.3, -0.25) is 4.79 Å². The molecule has 3 nitrogen and oxygen atoms in total. The molecule has 18 heavy (non-hydrogen) atoms. The summed E-state index contributed by atoms with van der Waals surface area (Å²) in [5.41, 5.74) is 2.30. The molecule has 2 unspecified atom stereocenters. The summed E-state index contributed by atoms with van der Waals surface area (Å²) in [7, 11) is 0. The lowest BCUT2D eigenvalue weighted by atomic mass is 9.82. The highest BCUT2D eigenvalue weighted by atomic mass is 16.4. The summed E-state index contributed by atoms with van der Waals surface area (Å²) in [5.74, 6) is -0.717. The first-order valence-corrected chi connectivity index (χ1v) is 6.35. The monoisotopic (exact) mass is 245 g/mol. The molecule has 0 spiro atoms. The van der Waals surface area contributed by atoms with Crippen molar-refractivity contribution in [2.45, 2.75) is 12.8 Å². The maximum absolute atomic E-state index is 11.2. The zero-order valence-corrected chi connectivity index (χ0v) is 10.4. The van der Waals surface area contributed by atoms with Crippen molar-refractivity contribution in [3.8, 4) is 0 Å². The lowest BCUT2D eigenvalue weighted by Crippen LogP contribution is -2.41. The van der Waals surface area contributed by atoms with Crippen LogP contribution in [0.2, 0.25) is 0 Å². The summed E-state index contributed by atoms with van der Waals surface area (Å²) < 4.78 is 0. The van der Waals surface area contributed by atoms with Crippen molar-refractivity contribution in [1.29, 1.82) is 0 Å². The van der Waals surface area contributed by atoms with E-state index in [-0.39, 0.29) is 11.8 Å². The number of aliphatic carboxylic acids is 1. The Labute approximate surface area is 108 Å². The molecule has 2 atom stereocenters. The fourth-order valence-corrected chi connectivity index (χ4v) is 2.54. The summed E-state index contributed by atoms with van der Waals surface area (Å²) in [5, 5.41) is 12.4. The van der Waals surface area contributed by atoms with Crippen molar-refractivity contribution in [2.24, 2.45) is 11.8 Å². The Morgan fingerprint density at radius 3 is 2.78 bits per heavy atom. The average molecular weight is 245 g/mol. The van der Waals surface area contributed by atoms with Crippen LogP contribution in [0.3, 0.4) is 0 Å². The van der Waals surface area contributed by atoms with E-state index in [1.807, 2.05) is 18.2 Å². The van der Waals surface area contributed by atoms with Gasteiger partial charge >= 0.3 is 5.97 Å². The minimum absolute atomic E-state index is 0.235. The third-order valence-corrected chi connectivity index (χ3v) is 3.66. The molecule has 2 rings (SSSR count). The van der Waals surface area contributed by atoms with Crippen molar-refractivity contribution in [2.75, 3.05) is 13.1 Å². The number of nitrogens with one attached hydrogen (secondary N) is 1. The van der Waals surface area contributed by atoms with E-state index in [1.54, 1.807) is 0 Å².